The Labute approximate surface area is 178 Å². The van der Waals surface area contributed by atoms with Gasteiger partial charge in [0.1, 0.15) is 11.5 Å². The molecule has 0 saturated carbocycles. The molecular formula is C23H31N3O4. The molecule has 1 aromatic carbocycles. The molecule has 0 atom stereocenters. The van der Waals surface area contributed by atoms with E-state index in [2.05, 4.69) is 21.9 Å². The van der Waals surface area contributed by atoms with Crippen molar-refractivity contribution >= 4 is 5.91 Å². The fourth-order valence-electron chi connectivity index (χ4n) is 4.10. The first-order chi connectivity index (χ1) is 14.6. The van der Waals surface area contributed by atoms with Crippen LogP contribution in [0.15, 0.2) is 34.7 Å². The van der Waals surface area contributed by atoms with E-state index in [-0.39, 0.29) is 5.91 Å². The van der Waals surface area contributed by atoms with Gasteiger partial charge >= 0.3 is 0 Å². The van der Waals surface area contributed by atoms with E-state index >= 15 is 0 Å². The summed E-state index contributed by atoms with van der Waals surface area (Å²) in [5.74, 6) is 2.22. The Morgan fingerprint density at radius 1 is 1.00 bits per heavy atom. The third kappa shape index (κ3) is 5.03. The summed E-state index contributed by atoms with van der Waals surface area (Å²) in [5.41, 5.74) is 2.14. The van der Waals surface area contributed by atoms with E-state index in [9.17, 15) is 4.79 Å². The molecule has 0 N–H and O–H groups in total. The van der Waals surface area contributed by atoms with Crippen LogP contribution in [-0.2, 0) is 17.8 Å². The van der Waals surface area contributed by atoms with Crippen LogP contribution in [0.25, 0.3) is 0 Å². The van der Waals surface area contributed by atoms with E-state index in [1.807, 2.05) is 30.0 Å². The molecule has 4 rings (SSSR count). The van der Waals surface area contributed by atoms with E-state index in [1.165, 1.54) is 5.56 Å². The lowest BCUT2D eigenvalue weighted by molar-refractivity contribution is 0.0308. The molecule has 2 aromatic rings. The van der Waals surface area contributed by atoms with Crippen LogP contribution < -0.4 is 4.74 Å². The number of hydrogen-bond acceptors (Lipinski definition) is 6. The van der Waals surface area contributed by atoms with Gasteiger partial charge in [-0.3, -0.25) is 14.6 Å². The normalized spacial score (nSPS) is 18.5. The van der Waals surface area contributed by atoms with Crippen molar-refractivity contribution in [1.82, 2.24) is 14.7 Å². The number of piperazine rings is 1. The predicted octanol–water partition coefficient (Wildman–Crippen LogP) is 2.39. The van der Waals surface area contributed by atoms with Crippen molar-refractivity contribution in [3.8, 4) is 5.75 Å². The van der Waals surface area contributed by atoms with Gasteiger partial charge in [0.15, 0.2) is 5.76 Å². The van der Waals surface area contributed by atoms with Crippen molar-refractivity contribution in [1.29, 1.82) is 0 Å². The Hall–Kier alpha value is -2.35. The molecule has 2 fully saturated rings. The Bertz CT molecular complexity index is 852. The Kier molecular flexibility index (Phi) is 6.72. The minimum absolute atomic E-state index is 0.00163. The van der Waals surface area contributed by atoms with Gasteiger partial charge in [0.25, 0.3) is 5.91 Å². The second-order valence-electron chi connectivity index (χ2n) is 8.03. The standard InChI is InChI=1S/C23H31N3O4/c1-18-14-21(17-25-10-12-29-13-11-25)30-22(18)23(27)26-8-6-24(7-9-26)16-19-4-3-5-20(15-19)28-2/h3-5,14-15H,6-13,16-17H2,1-2H3. The Morgan fingerprint density at radius 2 is 1.73 bits per heavy atom. The van der Waals surface area contributed by atoms with Gasteiger partial charge in [-0.05, 0) is 30.7 Å². The van der Waals surface area contributed by atoms with Crippen molar-refractivity contribution < 1.29 is 18.7 Å². The van der Waals surface area contributed by atoms with Crippen LogP contribution in [0.3, 0.4) is 0 Å². The number of rotatable bonds is 6. The van der Waals surface area contributed by atoms with E-state index in [4.69, 9.17) is 13.9 Å². The number of carbonyl (C=O) groups excluding carboxylic acids is 1. The number of methoxy groups -OCH3 is 1. The summed E-state index contributed by atoms with van der Waals surface area (Å²) in [7, 11) is 1.69. The van der Waals surface area contributed by atoms with Crippen LogP contribution in [0, 0.1) is 6.92 Å². The van der Waals surface area contributed by atoms with Gasteiger partial charge < -0.3 is 18.8 Å². The quantitative estimate of drug-likeness (QED) is 0.725. The molecule has 7 heteroatoms. The van der Waals surface area contributed by atoms with Gasteiger partial charge in [-0.15, -0.1) is 0 Å². The number of aryl methyl sites for hydroxylation is 1. The van der Waals surface area contributed by atoms with E-state index < -0.39 is 0 Å². The number of amides is 1. The molecular weight excluding hydrogens is 382 g/mol. The average molecular weight is 414 g/mol. The summed E-state index contributed by atoms with van der Waals surface area (Å²) >= 11 is 0. The highest BCUT2D eigenvalue weighted by molar-refractivity contribution is 5.93. The predicted molar refractivity (Wildman–Crippen MR) is 114 cm³/mol. The summed E-state index contributed by atoms with van der Waals surface area (Å²) in [6, 6.07) is 10.2. The molecule has 2 saturated heterocycles. The van der Waals surface area contributed by atoms with Crippen LogP contribution in [-0.4, -0.2) is 80.2 Å². The first kappa shape index (κ1) is 20.9. The summed E-state index contributed by atoms with van der Waals surface area (Å²) in [6.45, 7) is 9.98. The number of carbonyl (C=O) groups is 1. The fourth-order valence-corrected chi connectivity index (χ4v) is 4.10. The zero-order chi connectivity index (χ0) is 20.9. The van der Waals surface area contributed by atoms with E-state index in [1.54, 1.807) is 7.11 Å². The molecule has 7 nitrogen and oxygen atoms in total. The SMILES string of the molecule is COc1cccc(CN2CCN(C(=O)c3oc(CN4CCOCC4)cc3C)CC2)c1. The first-order valence-corrected chi connectivity index (χ1v) is 10.7. The lowest BCUT2D eigenvalue weighted by Crippen LogP contribution is -2.48. The van der Waals surface area contributed by atoms with Gasteiger partial charge in [-0.2, -0.15) is 0 Å². The third-order valence-electron chi connectivity index (χ3n) is 5.85. The maximum atomic E-state index is 13.0. The van der Waals surface area contributed by atoms with Crippen LogP contribution in [0.2, 0.25) is 0 Å². The molecule has 1 amide bonds. The van der Waals surface area contributed by atoms with Crippen molar-refractivity contribution in [3.63, 3.8) is 0 Å². The highest BCUT2D eigenvalue weighted by Gasteiger charge is 2.26. The maximum absolute atomic E-state index is 13.0. The molecule has 2 aliphatic heterocycles. The Balaban J connectivity index is 1.31. The second-order valence-corrected chi connectivity index (χ2v) is 8.03. The fraction of sp³-hybridized carbons (Fsp3) is 0.522. The minimum atomic E-state index is 0.00163. The summed E-state index contributed by atoms with van der Waals surface area (Å²) in [6.07, 6.45) is 0. The van der Waals surface area contributed by atoms with Gasteiger partial charge in [0, 0.05) is 51.4 Å². The first-order valence-electron chi connectivity index (χ1n) is 10.7. The topological polar surface area (TPSA) is 58.4 Å². The van der Waals surface area contributed by atoms with Crippen LogP contribution in [0.1, 0.15) is 27.4 Å². The minimum Gasteiger partial charge on any atom is -0.497 e. The molecule has 162 valence electrons. The molecule has 0 bridgehead atoms. The van der Waals surface area contributed by atoms with Gasteiger partial charge in [0.2, 0.25) is 0 Å². The number of nitrogens with zero attached hydrogens (tertiary/aromatic N) is 3. The molecule has 0 spiro atoms. The molecule has 0 aliphatic carbocycles. The van der Waals surface area contributed by atoms with Gasteiger partial charge in [0.05, 0.1) is 26.9 Å². The van der Waals surface area contributed by atoms with Gasteiger partial charge in [-0.25, -0.2) is 0 Å². The van der Waals surface area contributed by atoms with Crippen LogP contribution in [0.5, 0.6) is 5.75 Å². The monoisotopic (exact) mass is 413 g/mol. The van der Waals surface area contributed by atoms with Gasteiger partial charge in [-0.1, -0.05) is 12.1 Å². The molecule has 2 aliphatic rings. The lowest BCUT2D eigenvalue weighted by Gasteiger charge is -2.34. The summed E-state index contributed by atoms with van der Waals surface area (Å²) in [5, 5.41) is 0. The summed E-state index contributed by atoms with van der Waals surface area (Å²) < 4.78 is 16.7. The number of furan rings is 1. The highest BCUT2D eigenvalue weighted by atomic mass is 16.5. The van der Waals surface area contributed by atoms with Crippen molar-refractivity contribution in [2.45, 2.75) is 20.0 Å². The number of benzene rings is 1. The Morgan fingerprint density at radius 3 is 2.47 bits per heavy atom. The number of ether oxygens (including phenoxy) is 2. The van der Waals surface area contributed by atoms with E-state index in [0.717, 1.165) is 69.6 Å². The highest BCUT2D eigenvalue weighted by Crippen LogP contribution is 2.20. The van der Waals surface area contributed by atoms with Crippen molar-refractivity contribution in [2.24, 2.45) is 0 Å². The van der Waals surface area contributed by atoms with Crippen LogP contribution in [0.4, 0.5) is 0 Å². The largest absolute Gasteiger partial charge is 0.497 e. The average Bonchev–Trinajstić information content (AvgIpc) is 3.14. The zero-order valence-electron chi connectivity index (χ0n) is 17.9. The van der Waals surface area contributed by atoms with E-state index in [0.29, 0.717) is 18.8 Å². The third-order valence-corrected chi connectivity index (χ3v) is 5.85. The molecule has 1 aromatic heterocycles. The number of morpholine rings is 1. The smallest absolute Gasteiger partial charge is 0.289 e. The van der Waals surface area contributed by atoms with Crippen LogP contribution >= 0.6 is 0 Å². The maximum Gasteiger partial charge on any atom is 0.289 e. The molecule has 3 heterocycles. The molecule has 30 heavy (non-hydrogen) atoms. The molecule has 0 unspecified atom stereocenters. The number of hydrogen-bond donors (Lipinski definition) is 0. The molecule has 0 radical (unpaired) electrons. The zero-order valence-corrected chi connectivity index (χ0v) is 17.9. The van der Waals surface area contributed by atoms with Crippen molar-refractivity contribution in [3.05, 3.63) is 53.0 Å². The lowest BCUT2D eigenvalue weighted by atomic mass is 10.1. The summed E-state index contributed by atoms with van der Waals surface area (Å²) in [4.78, 5) is 19.6. The second kappa shape index (κ2) is 9.64. The van der Waals surface area contributed by atoms with Crippen molar-refractivity contribution in [2.75, 3.05) is 59.6 Å².